The van der Waals surface area contributed by atoms with E-state index < -0.39 is 0 Å². The molecule has 0 saturated heterocycles. The summed E-state index contributed by atoms with van der Waals surface area (Å²) in [4.78, 5) is 25.5. The number of nitrogens with zero attached hydrogens (tertiary/aromatic N) is 1. The Labute approximate surface area is 147 Å². The zero-order chi connectivity index (χ0) is 17.8. The van der Waals surface area contributed by atoms with Crippen LogP contribution in [0.25, 0.3) is 5.69 Å². The first kappa shape index (κ1) is 17.0. The zero-order valence-electron chi connectivity index (χ0n) is 14.6. The Hall–Kier alpha value is -2.88. The second-order valence-corrected chi connectivity index (χ2v) is 6.22. The van der Waals surface area contributed by atoms with E-state index in [9.17, 15) is 9.59 Å². The summed E-state index contributed by atoms with van der Waals surface area (Å²) in [7, 11) is 0. The van der Waals surface area contributed by atoms with Gasteiger partial charge < -0.3 is 0 Å². The van der Waals surface area contributed by atoms with E-state index in [2.05, 4.69) is 12.0 Å². The standard InChI is InChI=1S/C21H22N2O2/c1-3-4-8-16-11-13-17(14-12-16)20(24)19-15(2)22-23(21(19)25)18-9-6-5-7-10-18/h5-7,9-14,22H,3-4,8H2,1-2H3. The second kappa shape index (κ2) is 7.34. The van der Waals surface area contributed by atoms with E-state index in [-0.39, 0.29) is 16.9 Å². The summed E-state index contributed by atoms with van der Waals surface area (Å²) in [6.07, 6.45) is 3.28. The van der Waals surface area contributed by atoms with Gasteiger partial charge in [0.1, 0.15) is 5.56 Å². The van der Waals surface area contributed by atoms with Crippen LogP contribution in [-0.4, -0.2) is 15.6 Å². The number of aromatic amines is 1. The van der Waals surface area contributed by atoms with Crippen LogP contribution in [0.5, 0.6) is 0 Å². The summed E-state index contributed by atoms with van der Waals surface area (Å²) in [6.45, 7) is 3.91. The van der Waals surface area contributed by atoms with Crippen LogP contribution in [0, 0.1) is 6.92 Å². The topological polar surface area (TPSA) is 54.9 Å². The van der Waals surface area contributed by atoms with Crippen LogP contribution in [-0.2, 0) is 6.42 Å². The largest absolute Gasteiger partial charge is 0.295 e. The number of carbonyl (C=O) groups is 1. The minimum absolute atomic E-state index is 0.199. The number of nitrogens with one attached hydrogen (secondary N) is 1. The number of carbonyl (C=O) groups excluding carboxylic acids is 1. The number of benzene rings is 2. The molecular formula is C21H22N2O2. The van der Waals surface area contributed by atoms with Crippen molar-refractivity contribution in [1.29, 1.82) is 0 Å². The van der Waals surface area contributed by atoms with Crippen LogP contribution in [0.3, 0.4) is 0 Å². The van der Waals surface area contributed by atoms with E-state index in [0.717, 1.165) is 19.3 Å². The molecular weight excluding hydrogens is 312 g/mol. The molecule has 0 spiro atoms. The average molecular weight is 334 g/mol. The molecule has 0 bridgehead atoms. The number of hydrogen-bond donors (Lipinski definition) is 1. The molecule has 0 aliphatic rings. The zero-order valence-corrected chi connectivity index (χ0v) is 14.6. The molecule has 0 aliphatic heterocycles. The second-order valence-electron chi connectivity index (χ2n) is 6.22. The third-order valence-corrected chi connectivity index (χ3v) is 4.35. The van der Waals surface area contributed by atoms with Crippen molar-refractivity contribution >= 4 is 5.78 Å². The average Bonchev–Trinajstić information content (AvgIpc) is 2.95. The predicted octanol–water partition coefficient (Wildman–Crippen LogP) is 4.05. The molecule has 0 fully saturated rings. The molecule has 4 nitrogen and oxygen atoms in total. The van der Waals surface area contributed by atoms with Gasteiger partial charge in [-0.2, -0.15) is 0 Å². The quantitative estimate of drug-likeness (QED) is 0.692. The van der Waals surface area contributed by atoms with E-state index in [1.54, 1.807) is 6.92 Å². The van der Waals surface area contributed by atoms with E-state index in [0.29, 0.717) is 16.9 Å². The number of rotatable bonds is 6. The number of unbranched alkanes of at least 4 members (excludes halogenated alkanes) is 1. The SMILES string of the molecule is CCCCc1ccc(C(=O)c2c(C)[nH]n(-c3ccccc3)c2=O)cc1. The predicted molar refractivity (Wildman–Crippen MR) is 99.6 cm³/mol. The fraction of sp³-hybridized carbons (Fsp3) is 0.238. The van der Waals surface area contributed by atoms with Gasteiger partial charge in [-0.1, -0.05) is 55.8 Å². The van der Waals surface area contributed by atoms with Crippen LogP contribution < -0.4 is 5.56 Å². The fourth-order valence-electron chi connectivity index (χ4n) is 2.92. The Morgan fingerprint density at radius 1 is 1.04 bits per heavy atom. The number of ketones is 1. The molecule has 25 heavy (non-hydrogen) atoms. The van der Waals surface area contributed by atoms with Crippen LogP contribution in [0.15, 0.2) is 59.4 Å². The van der Waals surface area contributed by atoms with Crippen LogP contribution in [0.4, 0.5) is 0 Å². The van der Waals surface area contributed by atoms with Crippen LogP contribution in [0.2, 0.25) is 0 Å². The monoisotopic (exact) mass is 334 g/mol. The van der Waals surface area contributed by atoms with Gasteiger partial charge in [-0.3, -0.25) is 14.7 Å². The Kier molecular flexibility index (Phi) is 4.98. The van der Waals surface area contributed by atoms with Crippen LogP contribution in [0.1, 0.15) is 46.9 Å². The van der Waals surface area contributed by atoms with Crippen molar-refractivity contribution in [2.24, 2.45) is 0 Å². The maximum Gasteiger partial charge on any atom is 0.282 e. The Morgan fingerprint density at radius 2 is 1.72 bits per heavy atom. The first-order valence-corrected chi connectivity index (χ1v) is 8.62. The molecule has 0 amide bonds. The van der Waals surface area contributed by atoms with Gasteiger partial charge in [0.2, 0.25) is 0 Å². The summed E-state index contributed by atoms with van der Waals surface area (Å²) in [5.74, 6) is -0.240. The van der Waals surface area contributed by atoms with Crippen molar-refractivity contribution in [3.63, 3.8) is 0 Å². The van der Waals surface area contributed by atoms with E-state index in [4.69, 9.17) is 0 Å². The maximum absolute atomic E-state index is 12.8. The summed E-state index contributed by atoms with van der Waals surface area (Å²) in [5.41, 5.74) is 2.93. The lowest BCUT2D eigenvalue weighted by atomic mass is 10.0. The Morgan fingerprint density at radius 3 is 2.36 bits per heavy atom. The van der Waals surface area contributed by atoms with Gasteiger partial charge in [0, 0.05) is 11.3 Å². The normalized spacial score (nSPS) is 10.8. The van der Waals surface area contributed by atoms with Crippen molar-refractivity contribution in [3.05, 3.63) is 87.3 Å². The fourth-order valence-corrected chi connectivity index (χ4v) is 2.92. The Bertz CT molecular complexity index is 919. The van der Waals surface area contributed by atoms with Crippen molar-refractivity contribution < 1.29 is 4.79 Å². The van der Waals surface area contributed by atoms with Crippen LogP contribution >= 0.6 is 0 Å². The lowest BCUT2D eigenvalue weighted by Crippen LogP contribution is -2.20. The van der Waals surface area contributed by atoms with Crippen molar-refractivity contribution in [2.75, 3.05) is 0 Å². The highest BCUT2D eigenvalue weighted by atomic mass is 16.2. The lowest BCUT2D eigenvalue weighted by Gasteiger charge is -2.02. The summed E-state index contributed by atoms with van der Waals surface area (Å²) >= 11 is 0. The number of H-pyrrole nitrogens is 1. The highest BCUT2D eigenvalue weighted by Crippen LogP contribution is 2.14. The van der Waals surface area contributed by atoms with Gasteiger partial charge in [0.25, 0.3) is 5.56 Å². The van der Waals surface area contributed by atoms with E-state index in [1.165, 1.54) is 10.2 Å². The Balaban J connectivity index is 1.93. The molecule has 3 aromatic rings. The number of hydrogen-bond acceptors (Lipinski definition) is 2. The molecule has 4 heteroatoms. The van der Waals surface area contributed by atoms with E-state index in [1.807, 2.05) is 54.6 Å². The van der Waals surface area contributed by atoms with Crippen molar-refractivity contribution in [2.45, 2.75) is 33.1 Å². The van der Waals surface area contributed by atoms with Crippen molar-refractivity contribution in [3.8, 4) is 5.69 Å². The smallest absolute Gasteiger partial charge is 0.282 e. The molecule has 0 saturated carbocycles. The highest BCUT2D eigenvalue weighted by molar-refractivity contribution is 6.09. The minimum atomic E-state index is -0.316. The number of aromatic nitrogens is 2. The highest BCUT2D eigenvalue weighted by Gasteiger charge is 2.20. The maximum atomic E-state index is 12.8. The number of para-hydroxylation sites is 1. The molecule has 0 unspecified atom stereocenters. The molecule has 2 aromatic carbocycles. The third kappa shape index (κ3) is 3.48. The molecule has 0 radical (unpaired) electrons. The van der Waals surface area contributed by atoms with Crippen molar-refractivity contribution in [1.82, 2.24) is 9.78 Å². The molecule has 0 aliphatic carbocycles. The van der Waals surface area contributed by atoms with Gasteiger partial charge in [-0.15, -0.1) is 0 Å². The summed E-state index contributed by atoms with van der Waals surface area (Å²) in [5, 5.41) is 3.00. The first-order chi connectivity index (χ1) is 12.1. The molecule has 128 valence electrons. The number of aryl methyl sites for hydroxylation is 2. The molecule has 1 aromatic heterocycles. The lowest BCUT2D eigenvalue weighted by molar-refractivity contribution is 0.103. The molecule has 1 N–H and O–H groups in total. The summed E-state index contributed by atoms with van der Waals surface area (Å²) in [6, 6.07) is 16.8. The van der Waals surface area contributed by atoms with Gasteiger partial charge in [-0.05, 0) is 37.5 Å². The first-order valence-electron chi connectivity index (χ1n) is 8.62. The van der Waals surface area contributed by atoms with Gasteiger partial charge in [-0.25, -0.2) is 4.68 Å². The summed E-state index contributed by atoms with van der Waals surface area (Å²) < 4.78 is 1.41. The molecule has 1 heterocycles. The minimum Gasteiger partial charge on any atom is -0.295 e. The third-order valence-electron chi connectivity index (χ3n) is 4.35. The van der Waals surface area contributed by atoms with Gasteiger partial charge >= 0.3 is 0 Å². The molecule has 3 rings (SSSR count). The molecule has 0 atom stereocenters. The van der Waals surface area contributed by atoms with E-state index >= 15 is 0 Å². The van der Waals surface area contributed by atoms with Gasteiger partial charge in [0.15, 0.2) is 5.78 Å². The van der Waals surface area contributed by atoms with Gasteiger partial charge in [0.05, 0.1) is 5.69 Å².